The lowest BCUT2D eigenvalue weighted by Crippen LogP contribution is -2.25. The van der Waals surface area contributed by atoms with E-state index >= 15 is 0 Å². The van der Waals surface area contributed by atoms with Crippen LogP contribution in [0.4, 0.5) is 18.9 Å². The summed E-state index contributed by atoms with van der Waals surface area (Å²) in [5.41, 5.74) is -0.592. The number of aliphatic imine (C=N–C) groups is 1. The van der Waals surface area contributed by atoms with E-state index in [9.17, 15) is 18.0 Å². The molecule has 1 N–H and O–H groups in total. The number of ether oxygens (including phenoxy) is 1. The van der Waals surface area contributed by atoms with Gasteiger partial charge in [-0.3, -0.25) is 4.99 Å². The van der Waals surface area contributed by atoms with Crippen molar-refractivity contribution < 1.29 is 22.7 Å². The number of carbonyl (C=O) groups excluding carboxylic acids is 1. The number of halogens is 4. The number of hydrogen-bond acceptors (Lipinski definition) is 5. The summed E-state index contributed by atoms with van der Waals surface area (Å²) < 4.78 is 45.8. The second kappa shape index (κ2) is 10.2. The monoisotopic (exact) mass is 462 g/mol. The molecule has 1 aromatic heterocycles. The summed E-state index contributed by atoms with van der Waals surface area (Å²) in [6.45, 7) is 0.580. The van der Waals surface area contributed by atoms with E-state index in [0.717, 1.165) is 0 Å². The zero-order valence-corrected chi connectivity index (χ0v) is 17.4. The Morgan fingerprint density at radius 2 is 1.81 bits per heavy atom. The number of nitrogens with zero attached hydrogens (tertiary/aromatic N) is 3. The molecule has 0 aliphatic heterocycles. The van der Waals surface area contributed by atoms with E-state index < -0.39 is 24.3 Å². The highest BCUT2D eigenvalue weighted by atomic mass is 35.5. The molecular formula is C22H18ClF3N4O2. The molecule has 0 spiro atoms. The summed E-state index contributed by atoms with van der Waals surface area (Å²) in [6.07, 6.45) is -0.577. The molecule has 0 aliphatic carbocycles. The smallest absolute Gasteiger partial charge is 0.429 e. The molecule has 3 aromatic rings. The summed E-state index contributed by atoms with van der Waals surface area (Å²) in [6, 6.07) is 12.3. The first-order valence-electron chi connectivity index (χ1n) is 9.44. The third-order valence-corrected chi connectivity index (χ3v) is 4.71. The minimum atomic E-state index is -4.78. The summed E-state index contributed by atoms with van der Waals surface area (Å²) in [5, 5.41) is 7.63. The molecule has 0 bridgehead atoms. The van der Waals surface area contributed by atoms with Crippen molar-refractivity contribution in [3.8, 4) is 0 Å². The first-order chi connectivity index (χ1) is 15.2. The van der Waals surface area contributed by atoms with Crippen molar-refractivity contribution in [2.45, 2.75) is 19.1 Å². The Kier molecular flexibility index (Phi) is 7.42. The molecule has 3 rings (SSSR count). The fourth-order valence-corrected chi connectivity index (χ4v) is 2.88. The fourth-order valence-electron chi connectivity index (χ4n) is 2.71. The predicted octanol–water partition coefficient (Wildman–Crippen LogP) is 5.49. The van der Waals surface area contributed by atoms with Crippen molar-refractivity contribution in [1.82, 2.24) is 9.55 Å². The molecule has 0 radical (unpaired) electrons. The summed E-state index contributed by atoms with van der Waals surface area (Å²) in [4.78, 5) is 20.4. The van der Waals surface area contributed by atoms with Gasteiger partial charge in [0.05, 0.1) is 34.9 Å². The van der Waals surface area contributed by atoms with Crippen LogP contribution < -0.4 is 0 Å². The van der Waals surface area contributed by atoms with Gasteiger partial charge in [0.2, 0.25) is 0 Å². The Bertz CT molecular complexity index is 1110. The Morgan fingerprint density at radius 3 is 2.44 bits per heavy atom. The minimum Gasteiger partial charge on any atom is -0.460 e. The van der Waals surface area contributed by atoms with Crippen LogP contribution in [0.25, 0.3) is 0 Å². The number of hydrogen-bond donors (Lipinski definition) is 1. The second-order valence-electron chi connectivity index (χ2n) is 6.68. The highest BCUT2D eigenvalue weighted by Gasteiger charge is 2.35. The molecule has 0 unspecified atom stereocenters. The van der Waals surface area contributed by atoms with Gasteiger partial charge in [0.15, 0.2) is 0 Å². The Labute approximate surface area is 186 Å². The summed E-state index contributed by atoms with van der Waals surface area (Å²) >= 11 is 6.08. The van der Waals surface area contributed by atoms with Crippen LogP contribution in [0.3, 0.4) is 0 Å². The lowest BCUT2D eigenvalue weighted by Gasteiger charge is -2.12. The van der Waals surface area contributed by atoms with Gasteiger partial charge in [-0.2, -0.15) is 13.2 Å². The maximum atomic E-state index is 13.0. The third kappa shape index (κ3) is 6.27. The number of para-hydroxylation sites is 1. The normalized spacial score (nSPS) is 11.9. The molecule has 10 heteroatoms. The molecule has 0 amide bonds. The van der Waals surface area contributed by atoms with Crippen LogP contribution in [-0.2, 0) is 11.3 Å². The zero-order valence-electron chi connectivity index (χ0n) is 16.6. The van der Waals surface area contributed by atoms with Gasteiger partial charge in [0.1, 0.15) is 12.3 Å². The SMILES string of the molecule is N=C(CC(=Nc1ccccc1Cl)c1ccc(C(=O)OCCn2ccnc2)cc1)C(F)(F)F. The zero-order chi connectivity index (χ0) is 23.1. The highest BCUT2D eigenvalue weighted by Crippen LogP contribution is 2.27. The van der Waals surface area contributed by atoms with E-state index in [0.29, 0.717) is 12.1 Å². The molecule has 2 aromatic carbocycles. The number of imidazole rings is 1. The van der Waals surface area contributed by atoms with Crippen molar-refractivity contribution >= 4 is 34.7 Å². The first-order valence-corrected chi connectivity index (χ1v) is 9.82. The predicted molar refractivity (Wildman–Crippen MR) is 115 cm³/mol. The van der Waals surface area contributed by atoms with E-state index in [1.54, 1.807) is 47.6 Å². The lowest BCUT2D eigenvalue weighted by molar-refractivity contribution is -0.0605. The molecule has 0 atom stereocenters. The average Bonchev–Trinajstić information content (AvgIpc) is 3.27. The van der Waals surface area contributed by atoms with Crippen molar-refractivity contribution in [1.29, 1.82) is 5.41 Å². The van der Waals surface area contributed by atoms with Gasteiger partial charge in [-0.05, 0) is 29.8 Å². The fraction of sp³-hybridized carbons (Fsp3) is 0.182. The summed E-state index contributed by atoms with van der Waals surface area (Å²) in [7, 11) is 0. The maximum absolute atomic E-state index is 13.0. The van der Waals surface area contributed by atoms with Crippen molar-refractivity contribution in [3.63, 3.8) is 0 Å². The van der Waals surface area contributed by atoms with Crippen LogP contribution in [0, 0.1) is 5.41 Å². The maximum Gasteiger partial charge on any atom is 0.429 e. The quantitative estimate of drug-likeness (QED) is 0.355. The number of carbonyl (C=O) groups is 1. The van der Waals surface area contributed by atoms with Crippen LogP contribution >= 0.6 is 11.6 Å². The van der Waals surface area contributed by atoms with E-state index in [1.165, 1.54) is 24.3 Å². The minimum absolute atomic E-state index is 0.000417. The standard InChI is InChI=1S/C22H18ClF3N4O2/c23-17-3-1-2-4-18(17)29-19(13-20(27)22(24,25)26)15-5-7-16(8-6-15)21(31)32-12-11-30-10-9-28-14-30/h1-10,14,27H,11-13H2. The topological polar surface area (TPSA) is 80.3 Å². The number of esters is 1. The van der Waals surface area contributed by atoms with Crippen LogP contribution in [-0.4, -0.2) is 39.7 Å². The van der Waals surface area contributed by atoms with Crippen LogP contribution in [0.15, 0.2) is 72.2 Å². The largest absolute Gasteiger partial charge is 0.460 e. The second-order valence-corrected chi connectivity index (χ2v) is 7.08. The number of alkyl halides is 3. The van der Waals surface area contributed by atoms with Crippen molar-refractivity contribution in [3.05, 3.63) is 83.4 Å². The van der Waals surface area contributed by atoms with Crippen molar-refractivity contribution in [2.24, 2.45) is 4.99 Å². The van der Waals surface area contributed by atoms with Gasteiger partial charge >= 0.3 is 12.1 Å². The van der Waals surface area contributed by atoms with Gasteiger partial charge in [-0.25, -0.2) is 9.78 Å². The average molecular weight is 463 g/mol. The van der Waals surface area contributed by atoms with Gasteiger partial charge in [0.25, 0.3) is 0 Å². The van der Waals surface area contributed by atoms with E-state index in [4.69, 9.17) is 21.7 Å². The number of nitrogens with one attached hydrogen (secondary N) is 1. The number of benzene rings is 2. The van der Waals surface area contributed by atoms with Crippen molar-refractivity contribution in [2.75, 3.05) is 6.61 Å². The molecule has 0 saturated carbocycles. The van der Waals surface area contributed by atoms with Crippen LogP contribution in [0.5, 0.6) is 0 Å². The molecule has 0 fully saturated rings. The first kappa shape index (κ1) is 23.2. The van der Waals surface area contributed by atoms with Gasteiger partial charge in [-0.1, -0.05) is 35.9 Å². The van der Waals surface area contributed by atoms with E-state index in [1.807, 2.05) is 0 Å². The van der Waals surface area contributed by atoms with Crippen LogP contribution in [0.1, 0.15) is 22.3 Å². The molecule has 0 saturated heterocycles. The summed E-state index contributed by atoms with van der Waals surface area (Å²) in [5.74, 6) is -0.565. The highest BCUT2D eigenvalue weighted by molar-refractivity contribution is 6.33. The molecular weight excluding hydrogens is 445 g/mol. The molecule has 166 valence electrons. The molecule has 6 nitrogen and oxygen atoms in total. The molecule has 0 aliphatic rings. The van der Waals surface area contributed by atoms with E-state index in [2.05, 4.69) is 9.98 Å². The Balaban J connectivity index is 1.78. The van der Waals surface area contributed by atoms with E-state index in [-0.39, 0.29) is 28.6 Å². The lowest BCUT2D eigenvalue weighted by atomic mass is 10.0. The molecule has 1 heterocycles. The van der Waals surface area contributed by atoms with Crippen LogP contribution in [0.2, 0.25) is 5.02 Å². The van der Waals surface area contributed by atoms with Gasteiger partial charge in [-0.15, -0.1) is 0 Å². The molecule has 32 heavy (non-hydrogen) atoms. The third-order valence-electron chi connectivity index (χ3n) is 4.39. The van der Waals surface area contributed by atoms with Gasteiger partial charge < -0.3 is 14.7 Å². The number of rotatable bonds is 8. The van der Waals surface area contributed by atoms with Gasteiger partial charge in [0, 0.05) is 18.8 Å². The Morgan fingerprint density at radius 1 is 1.12 bits per heavy atom. The Hall–Kier alpha value is -3.46. The number of aromatic nitrogens is 2.